The Morgan fingerprint density at radius 1 is 0.404 bits per heavy atom. The van der Waals surface area contributed by atoms with Crippen molar-refractivity contribution < 1.29 is 4.42 Å². The molecular weight excluding hydrogens is 715 g/mol. The summed E-state index contributed by atoms with van der Waals surface area (Å²) < 4.78 is 8.92. The number of aromatic nitrogens is 3. The summed E-state index contributed by atoms with van der Waals surface area (Å²) in [5.41, 5.74) is 14.4. The van der Waals surface area contributed by atoms with Crippen LogP contribution < -0.4 is 0 Å². The van der Waals surface area contributed by atoms with E-state index >= 15 is 0 Å². The average Bonchev–Trinajstić information content (AvgIpc) is 4.01. The lowest BCUT2D eigenvalue weighted by molar-refractivity contribution is 0.673. The molecule has 0 bridgehead atoms. The zero-order valence-electron chi connectivity index (χ0n) is 30.4. The summed E-state index contributed by atoms with van der Waals surface area (Å²) in [5.74, 6) is 1.91. The quantitative estimate of drug-likeness (QED) is 0.181. The van der Waals surface area contributed by atoms with Crippen molar-refractivity contribution in [3.8, 4) is 56.4 Å². The maximum Gasteiger partial charge on any atom is 0.165 e. The van der Waals surface area contributed by atoms with Crippen LogP contribution in [0.2, 0.25) is 0 Å². The first-order chi connectivity index (χ1) is 28.3. The van der Waals surface area contributed by atoms with Gasteiger partial charge < -0.3 is 4.42 Å². The lowest BCUT2D eigenvalue weighted by Crippen LogP contribution is -2.25. The Morgan fingerprint density at radius 2 is 0.965 bits per heavy atom. The minimum atomic E-state index is -0.468. The molecule has 8 aromatic carbocycles. The Bertz CT molecular complexity index is 3420. The molecule has 5 heteroatoms. The number of para-hydroxylation sites is 1. The van der Waals surface area contributed by atoms with Crippen LogP contribution in [-0.4, -0.2) is 15.0 Å². The zero-order valence-corrected chi connectivity index (χ0v) is 31.2. The first-order valence-corrected chi connectivity index (χ1v) is 20.1. The van der Waals surface area contributed by atoms with Gasteiger partial charge in [-0.3, -0.25) is 0 Å². The number of nitrogens with zero attached hydrogens (tertiary/aromatic N) is 3. The van der Waals surface area contributed by atoms with Crippen LogP contribution in [0.5, 0.6) is 0 Å². The number of benzene rings is 8. The Labute approximate surface area is 331 Å². The molecule has 13 rings (SSSR count). The van der Waals surface area contributed by atoms with Gasteiger partial charge in [0.15, 0.2) is 17.5 Å². The van der Waals surface area contributed by atoms with Crippen molar-refractivity contribution in [3.05, 3.63) is 198 Å². The Balaban J connectivity index is 1.10. The molecule has 264 valence electrons. The number of rotatable bonds is 3. The molecule has 0 radical (unpaired) electrons. The third-order valence-electron chi connectivity index (χ3n) is 12.2. The van der Waals surface area contributed by atoms with Crippen LogP contribution >= 0.6 is 11.3 Å². The van der Waals surface area contributed by atoms with Gasteiger partial charge in [0.2, 0.25) is 0 Å². The maximum absolute atomic E-state index is 6.63. The molecule has 0 amide bonds. The SMILES string of the molecule is c1ccc(-c2nc(-c3ccc4c(c3)C3(c5ccccc5-c5ccccc53)c3ccccc3-4)nc(-c3cc4c5ccccc5oc4c4c3sc3ccccc34)n2)cc1. The summed E-state index contributed by atoms with van der Waals surface area (Å²) in [6.45, 7) is 0. The Kier molecular flexibility index (Phi) is 6.22. The largest absolute Gasteiger partial charge is 0.455 e. The molecule has 0 aliphatic heterocycles. The first-order valence-electron chi connectivity index (χ1n) is 19.3. The van der Waals surface area contributed by atoms with Gasteiger partial charge in [-0.2, -0.15) is 0 Å². The molecule has 0 saturated heterocycles. The highest BCUT2D eigenvalue weighted by molar-refractivity contribution is 7.26. The maximum atomic E-state index is 6.63. The van der Waals surface area contributed by atoms with Gasteiger partial charge in [0.25, 0.3) is 0 Å². The molecular formula is C52H29N3OS. The summed E-state index contributed by atoms with van der Waals surface area (Å²) in [7, 11) is 0. The molecule has 2 aliphatic carbocycles. The van der Waals surface area contributed by atoms with E-state index in [1.807, 2.05) is 30.3 Å². The van der Waals surface area contributed by atoms with Crippen molar-refractivity contribution >= 4 is 53.4 Å². The van der Waals surface area contributed by atoms with E-state index in [0.29, 0.717) is 17.5 Å². The topological polar surface area (TPSA) is 51.8 Å². The minimum absolute atomic E-state index is 0.468. The van der Waals surface area contributed by atoms with E-state index < -0.39 is 5.41 Å². The molecule has 0 saturated carbocycles. The predicted octanol–water partition coefficient (Wildman–Crippen LogP) is 13.5. The molecule has 3 aromatic heterocycles. The smallest absolute Gasteiger partial charge is 0.165 e. The van der Waals surface area contributed by atoms with E-state index in [-0.39, 0.29) is 0 Å². The van der Waals surface area contributed by atoms with Crippen LogP contribution in [0, 0.1) is 0 Å². The third kappa shape index (κ3) is 4.13. The normalized spacial score (nSPS) is 13.4. The highest BCUT2D eigenvalue weighted by atomic mass is 32.1. The summed E-state index contributed by atoms with van der Waals surface area (Å²) in [6, 6.07) is 62.9. The fourth-order valence-electron chi connectivity index (χ4n) is 9.81. The lowest BCUT2D eigenvalue weighted by Gasteiger charge is -2.30. The molecule has 0 N–H and O–H groups in total. The van der Waals surface area contributed by atoms with Gasteiger partial charge in [-0.1, -0.05) is 152 Å². The van der Waals surface area contributed by atoms with Gasteiger partial charge in [-0.15, -0.1) is 11.3 Å². The first kappa shape index (κ1) is 31.0. The second-order valence-electron chi connectivity index (χ2n) is 15.0. The van der Waals surface area contributed by atoms with E-state index in [9.17, 15) is 0 Å². The van der Waals surface area contributed by atoms with Crippen LogP contribution in [0.25, 0.3) is 98.5 Å². The third-order valence-corrected chi connectivity index (χ3v) is 13.4. The molecule has 2 aliphatic rings. The molecule has 0 fully saturated rings. The van der Waals surface area contributed by atoms with Gasteiger partial charge in [0, 0.05) is 42.9 Å². The van der Waals surface area contributed by atoms with Crippen molar-refractivity contribution in [1.82, 2.24) is 15.0 Å². The Hall–Kier alpha value is -7.21. The van der Waals surface area contributed by atoms with E-state index in [1.54, 1.807) is 11.3 Å². The molecule has 11 aromatic rings. The van der Waals surface area contributed by atoms with Gasteiger partial charge >= 0.3 is 0 Å². The van der Waals surface area contributed by atoms with E-state index in [2.05, 4.69) is 146 Å². The molecule has 4 nitrogen and oxygen atoms in total. The van der Waals surface area contributed by atoms with Crippen LogP contribution in [0.15, 0.2) is 180 Å². The molecule has 0 atom stereocenters. The highest BCUT2D eigenvalue weighted by Crippen LogP contribution is 2.63. The van der Waals surface area contributed by atoms with E-state index in [0.717, 1.165) is 48.7 Å². The summed E-state index contributed by atoms with van der Waals surface area (Å²) >= 11 is 1.76. The molecule has 3 heterocycles. The number of fused-ring (bicyclic) bond motifs is 17. The van der Waals surface area contributed by atoms with Gasteiger partial charge in [0.05, 0.1) is 10.1 Å². The minimum Gasteiger partial charge on any atom is -0.455 e. The second-order valence-corrected chi connectivity index (χ2v) is 16.1. The average molecular weight is 744 g/mol. The van der Waals surface area contributed by atoms with Crippen molar-refractivity contribution in [1.29, 1.82) is 0 Å². The lowest BCUT2D eigenvalue weighted by atomic mass is 9.70. The van der Waals surface area contributed by atoms with Crippen molar-refractivity contribution in [2.24, 2.45) is 0 Å². The zero-order chi connectivity index (χ0) is 37.2. The van der Waals surface area contributed by atoms with Crippen LogP contribution in [0.1, 0.15) is 22.3 Å². The Morgan fingerprint density at radius 3 is 1.68 bits per heavy atom. The number of hydrogen-bond acceptors (Lipinski definition) is 5. The van der Waals surface area contributed by atoms with E-state index in [1.165, 1.54) is 54.6 Å². The van der Waals surface area contributed by atoms with Gasteiger partial charge in [-0.25, -0.2) is 15.0 Å². The van der Waals surface area contributed by atoms with Crippen LogP contribution in [0.3, 0.4) is 0 Å². The van der Waals surface area contributed by atoms with Crippen molar-refractivity contribution in [3.63, 3.8) is 0 Å². The highest BCUT2D eigenvalue weighted by Gasteiger charge is 2.51. The number of hydrogen-bond donors (Lipinski definition) is 0. The van der Waals surface area contributed by atoms with Crippen molar-refractivity contribution in [2.45, 2.75) is 5.41 Å². The van der Waals surface area contributed by atoms with Crippen LogP contribution in [0.4, 0.5) is 0 Å². The summed E-state index contributed by atoms with van der Waals surface area (Å²) in [6.07, 6.45) is 0. The van der Waals surface area contributed by atoms with Crippen LogP contribution in [-0.2, 0) is 5.41 Å². The second kappa shape index (κ2) is 11.4. The standard InChI is InChI=1S/C52H29N3OS/c1-2-14-30(15-3-1)49-53-50(55-51(54-49)39-29-38-36-19-7-12-24-44(36)56-47(38)46-37-20-8-13-25-45(37)57-48(39)46)31-26-27-35-34-18-6-11-23-42(34)52(43(35)28-31)40-21-9-4-16-32(40)33-17-5-10-22-41(33)52/h1-29H. The van der Waals surface area contributed by atoms with Gasteiger partial charge in [-0.05, 0) is 68.8 Å². The fraction of sp³-hybridized carbons (Fsp3) is 0.0192. The molecule has 0 unspecified atom stereocenters. The van der Waals surface area contributed by atoms with E-state index in [4.69, 9.17) is 19.4 Å². The van der Waals surface area contributed by atoms with Crippen molar-refractivity contribution in [2.75, 3.05) is 0 Å². The number of thiophene rings is 1. The monoisotopic (exact) mass is 743 g/mol. The molecule has 57 heavy (non-hydrogen) atoms. The van der Waals surface area contributed by atoms with Gasteiger partial charge in [0.1, 0.15) is 11.2 Å². The predicted molar refractivity (Wildman–Crippen MR) is 233 cm³/mol. The summed E-state index contributed by atoms with van der Waals surface area (Å²) in [5, 5.41) is 4.39. The summed E-state index contributed by atoms with van der Waals surface area (Å²) in [4.78, 5) is 16.0. The number of furan rings is 1. The fourth-order valence-corrected chi connectivity index (χ4v) is 11.0. The molecule has 1 spiro atoms.